The van der Waals surface area contributed by atoms with Crippen LogP contribution < -0.4 is 0 Å². The predicted molar refractivity (Wildman–Crippen MR) is 119 cm³/mol. The second-order valence-corrected chi connectivity index (χ2v) is 8.27. The topological polar surface area (TPSA) is 30.8 Å². The quantitative estimate of drug-likeness (QED) is 0.351. The first-order chi connectivity index (χ1) is 14.4. The number of hydrogen-bond donors (Lipinski definition) is 0. The number of ether oxygens (including phenoxy) is 1. The molecule has 0 aliphatic carbocycles. The highest BCUT2D eigenvalue weighted by molar-refractivity contribution is 7.99. The molecule has 3 aromatic carbocycles. The van der Waals surface area contributed by atoms with Crippen molar-refractivity contribution in [3.05, 3.63) is 102 Å². The van der Waals surface area contributed by atoms with Crippen LogP contribution in [0.15, 0.2) is 101 Å². The van der Waals surface area contributed by atoms with E-state index in [2.05, 4.69) is 65.8 Å². The molecular formula is C25H25NO2S. The van der Waals surface area contributed by atoms with Gasteiger partial charge >= 0.3 is 0 Å². The second-order valence-electron chi connectivity index (χ2n) is 7.18. The van der Waals surface area contributed by atoms with Crippen LogP contribution >= 0.6 is 11.8 Å². The van der Waals surface area contributed by atoms with Gasteiger partial charge in [0.2, 0.25) is 5.90 Å². The van der Waals surface area contributed by atoms with E-state index >= 15 is 0 Å². The predicted octanol–water partition coefficient (Wildman–Crippen LogP) is 5.81. The van der Waals surface area contributed by atoms with Gasteiger partial charge < -0.3 is 9.57 Å². The van der Waals surface area contributed by atoms with Gasteiger partial charge in [0.15, 0.2) is 0 Å². The van der Waals surface area contributed by atoms with Gasteiger partial charge in [-0.1, -0.05) is 84.0 Å². The van der Waals surface area contributed by atoms with Crippen molar-refractivity contribution in [2.75, 3.05) is 12.4 Å². The Labute approximate surface area is 176 Å². The number of nitrogens with zero attached hydrogens (tertiary/aromatic N) is 1. The summed E-state index contributed by atoms with van der Waals surface area (Å²) in [5, 5.41) is 4.39. The molecule has 0 saturated carbocycles. The van der Waals surface area contributed by atoms with Gasteiger partial charge in [-0.25, -0.2) is 0 Å². The monoisotopic (exact) mass is 403 g/mol. The Bertz CT molecular complexity index is 900. The van der Waals surface area contributed by atoms with Crippen LogP contribution in [0.25, 0.3) is 0 Å². The Kier molecular flexibility index (Phi) is 6.87. The maximum absolute atomic E-state index is 5.99. The molecule has 1 aliphatic rings. The van der Waals surface area contributed by atoms with Gasteiger partial charge in [0, 0.05) is 22.5 Å². The molecule has 148 valence electrons. The summed E-state index contributed by atoms with van der Waals surface area (Å²) in [5.74, 6) is 2.35. The highest BCUT2D eigenvalue weighted by atomic mass is 32.2. The highest BCUT2D eigenvalue weighted by Crippen LogP contribution is 2.32. The molecule has 3 aromatic rings. The van der Waals surface area contributed by atoms with Crippen molar-refractivity contribution in [1.82, 2.24) is 0 Å². The molecular weight excluding hydrogens is 378 g/mol. The van der Waals surface area contributed by atoms with Crippen LogP contribution in [-0.2, 0) is 22.6 Å². The van der Waals surface area contributed by atoms with E-state index < -0.39 is 0 Å². The lowest BCUT2D eigenvalue weighted by molar-refractivity contribution is 0.120. The van der Waals surface area contributed by atoms with Crippen molar-refractivity contribution in [2.24, 2.45) is 17.0 Å². The van der Waals surface area contributed by atoms with E-state index in [1.54, 1.807) is 0 Å². The van der Waals surface area contributed by atoms with Crippen molar-refractivity contribution >= 4 is 17.7 Å². The van der Waals surface area contributed by atoms with E-state index in [-0.39, 0.29) is 5.92 Å². The summed E-state index contributed by atoms with van der Waals surface area (Å²) < 4.78 is 5.99. The van der Waals surface area contributed by atoms with Gasteiger partial charge in [0.1, 0.15) is 6.61 Å². The molecule has 4 heteroatoms. The molecule has 1 saturated heterocycles. The molecule has 1 heterocycles. The summed E-state index contributed by atoms with van der Waals surface area (Å²) >= 11 is 1.88. The fourth-order valence-corrected chi connectivity index (χ4v) is 4.55. The Morgan fingerprint density at radius 1 is 0.828 bits per heavy atom. The van der Waals surface area contributed by atoms with E-state index in [9.17, 15) is 0 Å². The minimum Gasteiger partial charge on any atom is -0.478 e. The first-order valence-corrected chi connectivity index (χ1v) is 11.0. The number of thioether (sulfide) groups is 1. The fourth-order valence-electron chi connectivity index (χ4n) is 3.46. The van der Waals surface area contributed by atoms with Crippen molar-refractivity contribution in [1.29, 1.82) is 0 Å². The molecule has 3 nitrogen and oxygen atoms in total. The van der Waals surface area contributed by atoms with Crippen LogP contribution in [0.3, 0.4) is 0 Å². The lowest BCUT2D eigenvalue weighted by Gasteiger charge is -2.16. The van der Waals surface area contributed by atoms with Crippen molar-refractivity contribution < 1.29 is 9.57 Å². The highest BCUT2D eigenvalue weighted by Gasteiger charge is 2.35. The molecule has 4 rings (SSSR count). The summed E-state index contributed by atoms with van der Waals surface area (Å²) in [5.41, 5.74) is 2.40. The van der Waals surface area contributed by atoms with Crippen LogP contribution in [0.2, 0.25) is 0 Å². The average Bonchev–Trinajstić information content (AvgIpc) is 3.16. The van der Waals surface area contributed by atoms with E-state index in [0.717, 1.165) is 23.6 Å². The Morgan fingerprint density at radius 3 is 2.14 bits per heavy atom. The third-order valence-corrected chi connectivity index (χ3v) is 6.27. The Balaban J connectivity index is 1.43. The molecule has 1 aliphatic heterocycles. The van der Waals surface area contributed by atoms with Gasteiger partial charge in [-0.05, 0) is 29.7 Å². The SMILES string of the molecule is c1ccc(CO/N=C2\OC[C@@H](CSc3ccccc3)[C@@H]2Cc2ccccc2)cc1. The van der Waals surface area contributed by atoms with Crippen molar-refractivity contribution in [3.63, 3.8) is 0 Å². The van der Waals surface area contributed by atoms with Crippen LogP contribution in [-0.4, -0.2) is 18.3 Å². The molecule has 0 aromatic heterocycles. The minimum atomic E-state index is 0.226. The zero-order chi connectivity index (χ0) is 19.7. The van der Waals surface area contributed by atoms with Gasteiger partial charge in [0.25, 0.3) is 0 Å². The number of rotatable bonds is 8. The lowest BCUT2D eigenvalue weighted by atomic mass is 9.90. The summed E-state index contributed by atoms with van der Waals surface area (Å²) in [6.07, 6.45) is 0.911. The number of hydrogen-bond acceptors (Lipinski definition) is 4. The summed E-state index contributed by atoms with van der Waals surface area (Å²) in [6.45, 7) is 1.14. The Hall–Kier alpha value is -2.72. The maximum atomic E-state index is 5.99. The molecule has 0 amide bonds. The van der Waals surface area contributed by atoms with Gasteiger partial charge in [-0.3, -0.25) is 0 Å². The van der Waals surface area contributed by atoms with Crippen LogP contribution in [0.5, 0.6) is 0 Å². The number of benzene rings is 3. The average molecular weight is 404 g/mol. The first kappa shape index (κ1) is 19.6. The molecule has 0 unspecified atom stereocenters. The number of oxime groups is 1. The van der Waals surface area contributed by atoms with Crippen molar-refractivity contribution in [3.8, 4) is 0 Å². The van der Waals surface area contributed by atoms with E-state index in [1.807, 2.05) is 42.1 Å². The van der Waals surface area contributed by atoms with Crippen LogP contribution in [0.1, 0.15) is 11.1 Å². The molecule has 1 fully saturated rings. The van der Waals surface area contributed by atoms with Gasteiger partial charge in [-0.2, -0.15) is 0 Å². The standard InChI is InChI=1S/C25H25NO2S/c1-4-10-20(11-5-1)16-24-22(19-29-23-14-8-3-9-15-23)18-27-25(24)26-28-17-21-12-6-2-7-13-21/h1-15,22,24H,16-19H2/b26-25-/t22-,24-/m0/s1. The maximum Gasteiger partial charge on any atom is 0.229 e. The smallest absolute Gasteiger partial charge is 0.229 e. The Morgan fingerprint density at radius 2 is 1.45 bits per heavy atom. The van der Waals surface area contributed by atoms with E-state index in [1.165, 1.54) is 10.5 Å². The first-order valence-electron chi connectivity index (χ1n) is 9.97. The molecule has 0 N–H and O–H groups in total. The van der Waals surface area contributed by atoms with Crippen LogP contribution in [0.4, 0.5) is 0 Å². The zero-order valence-corrected chi connectivity index (χ0v) is 17.1. The summed E-state index contributed by atoms with van der Waals surface area (Å²) in [7, 11) is 0. The summed E-state index contributed by atoms with van der Waals surface area (Å²) in [6, 6.07) is 31.2. The fraction of sp³-hybridized carbons (Fsp3) is 0.240. The minimum absolute atomic E-state index is 0.226. The van der Waals surface area contributed by atoms with Gasteiger partial charge in [0.05, 0.1) is 6.61 Å². The molecule has 0 spiro atoms. The largest absolute Gasteiger partial charge is 0.478 e. The lowest BCUT2D eigenvalue weighted by Crippen LogP contribution is -2.21. The van der Waals surface area contributed by atoms with Crippen LogP contribution in [0, 0.1) is 11.8 Å². The van der Waals surface area contributed by atoms with E-state index in [0.29, 0.717) is 19.1 Å². The molecule has 2 atom stereocenters. The van der Waals surface area contributed by atoms with Gasteiger partial charge in [-0.15, -0.1) is 11.8 Å². The van der Waals surface area contributed by atoms with E-state index in [4.69, 9.17) is 9.57 Å². The zero-order valence-electron chi connectivity index (χ0n) is 16.3. The molecule has 0 bridgehead atoms. The molecule has 29 heavy (non-hydrogen) atoms. The third-order valence-electron chi connectivity index (χ3n) is 5.07. The second kappa shape index (κ2) is 10.2. The van der Waals surface area contributed by atoms with Crippen molar-refractivity contribution in [2.45, 2.75) is 17.9 Å². The normalized spacial score (nSPS) is 19.8. The molecule has 0 radical (unpaired) electrons. The third kappa shape index (κ3) is 5.64. The summed E-state index contributed by atoms with van der Waals surface area (Å²) in [4.78, 5) is 6.93.